The zero-order valence-electron chi connectivity index (χ0n) is 7.70. The van der Waals surface area contributed by atoms with Crippen molar-refractivity contribution in [2.24, 2.45) is 0 Å². The first-order valence-electron chi connectivity index (χ1n) is 4.46. The van der Waals surface area contributed by atoms with E-state index in [2.05, 4.69) is 5.32 Å². The van der Waals surface area contributed by atoms with Gasteiger partial charge in [0.1, 0.15) is 12.0 Å². The van der Waals surface area contributed by atoms with Crippen molar-refractivity contribution in [1.29, 1.82) is 0 Å². The van der Waals surface area contributed by atoms with E-state index in [9.17, 15) is 5.11 Å². The minimum absolute atomic E-state index is 0.232. The van der Waals surface area contributed by atoms with Gasteiger partial charge in [0.2, 0.25) is 0 Å². The third-order valence-electron chi connectivity index (χ3n) is 1.76. The fourth-order valence-electron chi connectivity index (χ4n) is 1.10. The second-order valence-electron chi connectivity index (χ2n) is 3.00. The van der Waals surface area contributed by atoms with Gasteiger partial charge in [-0.15, -0.1) is 0 Å². The van der Waals surface area contributed by atoms with Crippen LogP contribution in [0.1, 0.15) is 19.8 Å². The van der Waals surface area contributed by atoms with Crippen LogP contribution in [0.3, 0.4) is 0 Å². The highest BCUT2D eigenvalue weighted by Crippen LogP contribution is 2.14. The fraction of sp³-hybridized carbons (Fsp3) is 0.400. The largest absolute Gasteiger partial charge is 0.508 e. The first-order valence-corrected chi connectivity index (χ1v) is 4.46. The van der Waals surface area contributed by atoms with Crippen LogP contribution in [0.25, 0.3) is 0 Å². The summed E-state index contributed by atoms with van der Waals surface area (Å²) in [4.78, 5) is 0. The summed E-state index contributed by atoms with van der Waals surface area (Å²) in [5.74, 6) is 0.232. The van der Waals surface area contributed by atoms with Crippen LogP contribution in [0.15, 0.2) is 24.3 Å². The van der Waals surface area contributed by atoms with E-state index in [1.165, 1.54) is 0 Å². The normalized spacial score (nSPS) is 12.5. The smallest absolute Gasteiger partial charge is 0.124 e. The van der Waals surface area contributed by atoms with E-state index in [1.807, 2.05) is 6.92 Å². The second kappa shape index (κ2) is 4.72. The number of rotatable bonds is 4. The van der Waals surface area contributed by atoms with Gasteiger partial charge in [0.15, 0.2) is 0 Å². The van der Waals surface area contributed by atoms with Gasteiger partial charge in [-0.2, -0.15) is 0 Å². The molecule has 0 amide bonds. The van der Waals surface area contributed by atoms with Gasteiger partial charge < -0.3 is 15.5 Å². The average Bonchev–Trinajstić information content (AvgIpc) is 2.09. The molecule has 3 N–H and O–H groups in total. The summed E-state index contributed by atoms with van der Waals surface area (Å²) in [5, 5.41) is 21.3. The Morgan fingerprint density at radius 3 is 2.46 bits per heavy atom. The van der Waals surface area contributed by atoms with E-state index >= 15 is 0 Å². The van der Waals surface area contributed by atoms with Crippen molar-refractivity contribution < 1.29 is 10.2 Å². The zero-order valence-corrected chi connectivity index (χ0v) is 7.70. The molecule has 1 rings (SSSR count). The van der Waals surface area contributed by atoms with E-state index in [0.29, 0.717) is 0 Å². The average molecular weight is 181 g/mol. The van der Waals surface area contributed by atoms with Gasteiger partial charge in [-0.05, 0) is 30.7 Å². The first kappa shape index (κ1) is 9.86. The Bertz CT molecular complexity index is 246. The van der Waals surface area contributed by atoms with Crippen LogP contribution in [0, 0.1) is 0 Å². The summed E-state index contributed by atoms with van der Waals surface area (Å²) in [6, 6.07) is 6.63. The molecule has 0 aromatic heterocycles. The molecule has 1 aromatic rings. The molecule has 0 bridgehead atoms. The van der Waals surface area contributed by atoms with E-state index in [1.54, 1.807) is 24.3 Å². The molecule has 0 saturated carbocycles. The third-order valence-corrected chi connectivity index (χ3v) is 1.76. The number of hydrogen-bond donors (Lipinski definition) is 3. The highest BCUT2D eigenvalue weighted by molar-refractivity contribution is 5.46. The Balaban J connectivity index is 2.49. The SMILES string of the molecule is CCCC(O)Nc1ccc(O)cc1. The maximum Gasteiger partial charge on any atom is 0.124 e. The molecule has 13 heavy (non-hydrogen) atoms. The van der Waals surface area contributed by atoms with Crippen molar-refractivity contribution in [3.8, 4) is 5.75 Å². The molecule has 0 aliphatic carbocycles. The minimum atomic E-state index is -0.505. The van der Waals surface area contributed by atoms with Crippen molar-refractivity contribution in [2.45, 2.75) is 26.0 Å². The van der Waals surface area contributed by atoms with E-state index in [4.69, 9.17) is 5.11 Å². The molecule has 0 heterocycles. The van der Waals surface area contributed by atoms with Gasteiger partial charge in [-0.25, -0.2) is 0 Å². The number of anilines is 1. The van der Waals surface area contributed by atoms with E-state index in [0.717, 1.165) is 18.5 Å². The van der Waals surface area contributed by atoms with Crippen LogP contribution in [0.5, 0.6) is 5.75 Å². The second-order valence-corrected chi connectivity index (χ2v) is 3.00. The van der Waals surface area contributed by atoms with Crippen LogP contribution in [-0.4, -0.2) is 16.4 Å². The highest BCUT2D eigenvalue weighted by atomic mass is 16.3. The highest BCUT2D eigenvalue weighted by Gasteiger charge is 2.00. The van der Waals surface area contributed by atoms with Gasteiger partial charge in [-0.1, -0.05) is 13.3 Å². The number of aliphatic hydroxyl groups is 1. The van der Waals surface area contributed by atoms with Gasteiger partial charge in [-0.3, -0.25) is 0 Å². The molecule has 1 aromatic carbocycles. The monoisotopic (exact) mass is 181 g/mol. The molecule has 0 aliphatic rings. The maximum atomic E-state index is 9.40. The molecule has 3 heteroatoms. The lowest BCUT2D eigenvalue weighted by Gasteiger charge is -2.12. The topological polar surface area (TPSA) is 52.5 Å². The standard InChI is InChI=1S/C10H15NO2/c1-2-3-10(13)11-8-4-6-9(12)7-5-8/h4-7,10-13H,2-3H2,1H3. The number of aromatic hydroxyl groups is 1. The number of nitrogens with one attached hydrogen (secondary N) is 1. The van der Waals surface area contributed by atoms with Gasteiger partial charge in [0.25, 0.3) is 0 Å². The minimum Gasteiger partial charge on any atom is -0.508 e. The van der Waals surface area contributed by atoms with Gasteiger partial charge in [0.05, 0.1) is 0 Å². The summed E-state index contributed by atoms with van der Waals surface area (Å²) in [6.45, 7) is 2.02. The number of aliphatic hydroxyl groups excluding tert-OH is 1. The van der Waals surface area contributed by atoms with Gasteiger partial charge in [0, 0.05) is 5.69 Å². The summed E-state index contributed by atoms with van der Waals surface area (Å²) in [7, 11) is 0. The summed E-state index contributed by atoms with van der Waals surface area (Å²) in [5.41, 5.74) is 0.818. The van der Waals surface area contributed by atoms with Crippen molar-refractivity contribution in [1.82, 2.24) is 0 Å². The number of hydrogen-bond acceptors (Lipinski definition) is 3. The maximum absolute atomic E-state index is 9.40. The lowest BCUT2D eigenvalue weighted by molar-refractivity contribution is 0.192. The van der Waals surface area contributed by atoms with Crippen molar-refractivity contribution in [3.05, 3.63) is 24.3 Å². The molecule has 0 fully saturated rings. The molecule has 0 aliphatic heterocycles. The van der Waals surface area contributed by atoms with Crippen molar-refractivity contribution in [3.63, 3.8) is 0 Å². The van der Waals surface area contributed by atoms with Crippen LogP contribution in [0.4, 0.5) is 5.69 Å². The predicted molar refractivity (Wildman–Crippen MR) is 52.6 cm³/mol. The lowest BCUT2D eigenvalue weighted by atomic mass is 10.2. The van der Waals surface area contributed by atoms with Crippen LogP contribution in [-0.2, 0) is 0 Å². The molecule has 1 unspecified atom stereocenters. The summed E-state index contributed by atoms with van der Waals surface area (Å²) >= 11 is 0. The van der Waals surface area contributed by atoms with Crippen molar-refractivity contribution >= 4 is 5.69 Å². The van der Waals surface area contributed by atoms with E-state index in [-0.39, 0.29) is 5.75 Å². The Morgan fingerprint density at radius 1 is 1.31 bits per heavy atom. The Labute approximate surface area is 78.0 Å². The molecule has 1 atom stereocenters. The lowest BCUT2D eigenvalue weighted by Crippen LogP contribution is -2.17. The quantitative estimate of drug-likeness (QED) is 0.491. The third kappa shape index (κ3) is 3.34. The number of benzene rings is 1. The Kier molecular flexibility index (Phi) is 3.58. The molecular weight excluding hydrogens is 166 g/mol. The first-order chi connectivity index (χ1) is 6.22. The van der Waals surface area contributed by atoms with Crippen LogP contribution < -0.4 is 5.32 Å². The van der Waals surface area contributed by atoms with Crippen LogP contribution in [0.2, 0.25) is 0 Å². The summed E-state index contributed by atoms with van der Waals surface area (Å²) in [6.07, 6.45) is 1.15. The molecule has 72 valence electrons. The number of phenols is 1. The predicted octanol–water partition coefficient (Wildman–Crippen LogP) is 1.92. The van der Waals surface area contributed by atoms with E-state index < -0.39 is 6.23 Å². The molecule has 3 nitrogen and oxygen atoms in total. The van der Waals surface area contributed by atoms with Crippen molar-refractivity contribution in [2.75, 3.05) is 5.32 Å². The number of phenolic OH excluding ortho intramolecular Hbond substituents is 1. The molecule has 0 radical (unpaired) electrons. The molecule has 0 spiro atoms. The fourth-order valence-corrected chi connectivity index (χ4v) is 1.10. The summed E-state index contributed by atoms with van der Waals surface area (Å²) < 4.78 is 0. The zero-order chi connectivity index (χ0) is 9.68. The molecular formula is C10H15NO2. The van der Waals surface area contributed by atoms with Crippen LogP contribution >= 0.6 is 0 Å². The van der Waals surface area contributed by atoms with Gasteiger partial charge >= 0.3 is 0 Å². The molecule has 0 saturated heterocycles. The Hall–Kier alpha value is -1.22. The Morgan fingerprint density at radius 2 is 1.92 bits per heavy atom.